The topological polar surface area (TPSA) is 131 Å². The lowest BCUT2D eigenvalue weighted by atomic mass is 10.1. The highest BCUT2D eigenvalue weighted by atomic mass is 17.3. The predicted octanol–water partition coefficient (Wildman–Crippen LogP) is -0.891. The van der Waals surface area contributed by atoms with E-state index in [-0.39, 0.29) is 0 Å². The van der Waals surface area contributed by atoms with Gasteiger partial charge < -0.3 is 11.5 Å². The summed E-state index contributed by atoms with van der Waals surface area (Å²) in [7, 11) is 0. The molecule has 0 aliphatic carbocycles. The number of nitrogens with zero attached hydrogens (tertiary/aromatic N) is 1. The number of unbranched alkanes of at least 4 members (excludes halogenated alkanes) is 1. The van der Waals surface area contributed by atoms with Gasteiger partial charge in [-0.1, -0.05) is 11.4 Å². The molecular weight excluding hydrogens is 194 g/mol. The highest BCUT2D eigenvalue weighted by molar-refractivity contribution is 5.74. The Bertz CT molecular complexity index is 198. The van der Waals surface area contributed by atoms with Crippen LogP contribution in [0.4, 0.5) is 0 Å². The summed E-state index contributed by atoms with van der Waals surface area (Å²) >= 11 is 0. The number of rotatable bonds is 7. The fourth-order valence-corrected chi connectivity index (χ4v) is 0.755. The number of nitrogens with two attached hydrogens (primary N) is 2. The third-order valence-electron chi connectivity index (χ3n) is 1.45. The Morgan fingerprint density at radius 1 is 1.50 bits per heavy atom. The van der Waals surface area contributed by atoms with Crippen LogP contribution < -0.4 is 11.5 Å². The minimum absolute atomic E-state index is 0.358. The summed E-state index contributed by atoms with van der Waals surface area (Å²) in [5.74, 6) is -0.960. The molecule has 0 radical (unpaired) electrons. The molecule has 0 heterocycles. The molecule has 0 bridgehead atoms. The Morgan fingerprint density at radius 2 is 2.14 bits per heavy atom. The lowest BCUT2D eigenvalue weighted by Crippen LogP contribution is -2.32. The average Bonchev–Trinajstić information content (AvgIpc) is 2.14. The summed E-state index contributed by atoms with van der Waals surface area (Å²) in [6.45, 7) is 0.507. The maximum Gasteiger partial charge on any atom is 0.359 e. The zero-order valence-corrected chi connectivity index (χ0v) is 7.55. The van der Waals surface area contributed by atoms with Crippen molar-refractivity contribution in [1.82, 2.24) is 0 Å². The Kier molecular flexibility index (Phi) is 6.33. The first-order chi connectivity index (χ1) is 6.57. The maximum absolute atomic E-state index is 10.8. The Balaban J connectivity index is 3.59. The quantitative estimate of drug-likeness (QED) is 0.239. The Morgan fingerprint density at radius 3 is 2.64 bits per heavy atom. The molecule has 0 fully saturated rings. The molecule has 1 unspecified atom stereocenters. The van der Waals surface area contributed by atoms with E-state index in [0.717, 1.165) is 6.42 Å². The van der Waals surface area contributed by atoms with Crippen LogP contribution in [0.15, 0.2) is 0 Å². The monoisotopic (exact) mass is 207 g/mol. The van der Waals surface area contributed by atoms with Crippen LogP contribution in [0.5, 0.6) is 0 Å². The lowest BCUT2D eigenvalue weighted by molar-refractivity contribution is -0.839. The van der Waals surface area contributed by atoms with Crippen LogP contribution in [-0.4, -0.2) is 23.6 Å². The summed E-state index contributed by atoms with van der Waals surface area (Å²) in [4.78, 5) is 27.7. The predicted molar refractivity (Wildman–Crippen MR) is 45.1 cm³/mol. The second-order valence-electron chi connectivity index (χ2n) is 2.59. The first-order valence-corrected chi connectivity index (χ1v) is 4.06. The largest absolute Gasteiger partial charge is 0.359 e. The normalized spacial score (nSPS) is 11.9. The third kappa shape index (κ3) is 6.14. The van der Waals surface area contributed by atoms with Crippen molar-refractivity contribution >= 4 is 5.97 Å². The molecule has 8 heteroatoms. The van der Waals surface area contributed by atoms with Gasteiger partial charge in [-0.05, 0) is 19.4 Å². The summed E-state index contributed by atoms with van der Waals surface area (Å²) in [6, 6.07) is -0.915. The molecule has 0 spiro atoms. The first-order valence-electron chi connectivity index (χ1n) is 4.06. The molecule has 0 saturated carbocycles. The second kappa shape index (κ2) is 7.04. The second-order valence-corrected chi connectivity index (χ2v) is 2.59. The highest BCUT2D eigenvalue weighted by Crippen LogP contribution is 2.00. The van der Waals surface area contributed by atoms with Crippen molar-refractivity contribution in [3.05, 3.63) is 10.1 Å². The number of hydrogen-bond donors (Lipinski definition) is 2. The van der Waals surface area contributed by atoms with Crippen molar-refractivity contribution in [3.63, 3.8) is 0 Å². The van der Waals surface area contributed by atoms with E-state index in [1.165, 1.54) is 0 Å². The van der Waals surface area contributed by atoms with Crippen molar-refractivity contribution in [3.8, 4) is 0 Å². The fourth-order valence-electron chi connectivity index (χ4n) is 0.755. The smallest absolute Gasteiger partial charge is 0.330 e. The summed E-state index contributed by atoms with van der Waals surface area (Å²) in [5.41, 5.74) is 10.5. The van der Waals surface area contributed by atoms with Crippen LogP contribution in [0.25, 0.3) is 0 Å². The van der Waals surface area contributed by atoms with Gasteiger partial charge in [-0.15, -0.1) is 10.1 Å². The zero-order chi connectivity index (χ0) is 11.0. The van der Waals surface area contributed by atoms with Crippen LogP contribution in [0.3, 0.4) is 0 Å². The zero-order valence-electron chi connectivity index (χ0n) is 7.55. The number of carbonyl (C=O) groups excluding carboxylic acids is 1. The van der Waals surface area contributed by atoms with Crippen LogP contribution in [0, 0.1) is 10.1 Å². The van der Waals surface area contributed by atoms with Gasteiger partial charge in [0.15, 0.2) is 0 Å². The molecule has 0 aliphatic rings. The van der Waals surface area contributed by atoms with Crippen LogP contribution >= 0.6 is 0 Å². The van der Waals surface area contributed by atoms with E-state index >= 15 is 0 Å². The molecule has 0 aliphatic heterocycles. The molecule has 0 aromatic carbocycles. The first kappa shape index (κ1) is 12.6. The van der Waals surface area contributed by atoms with Gasteiger partial charge in [0.2, 0.25) is 0 Å². The SMILES string of the molecule is NCCCCC(N)C(=O)OO[N+](=O)[O-]. The van der Waals surface area contributed by atoms with E-state index in [1.54, 1.807) is 0 Å². The van der Waals surface area contributed by atoms with Crippen molar-refractivity contribution in [2.45, 2.75) is 25.3 Å². The van der Waals surface area contributed by atoms with Crippen molar-refractivity contribution in [1.29, 1.82) is 0 Å². The van der Waals surface area contributed by atoms with E-state index in [4.69, 9.17) is 11.5 Å². The van der Waals surface area contributed by atoms with Crippen LogP contribution in [-0.2, 0) is 14.7 Å². The molecule has 0 amide bonds. The highest BCUT2D eigenvalue weighted by Gasteiger charge is 2.16. The van der Waals surface area contributed by atoms with Crippen LogP contribution in [0.1, 0.15) is 19.3 Å². The van der Waals surface area contributed by atoms with Gasteiger partial charge in [0.1, 0.15) is 6.04 Å². The van der Waals surface area contributed by atoms with E-state index in [2.05, 4.69) is 9.88 Å². The summed E-state index contributed by atoms with van der Waals surface area (Å²) in [6.07, 6.45) is 1.75. The van der Waals surface area contributed by atoms with Gasteiger partial charge in [0.05, 0.1) is 0 Å². The Labute approximate surface area is 80.2 Å². The van der Waals surface area contributed by atoms with Gasteiger partial charge in [0.25, 0.3) is 0 Å². The summed E-state index contributed by atoms with van der Waals surface area (Å²) < 4.78 is 0. The van der Waals surface area contributed by atoms with E-state index in [9.17, 15) is 14.9 Å². The molecule has 4 N–H and O–H groups in total. The molecule has 14 heavy (non-hydrogen) atoms. The maximum atomic E-state index is 10.8. The van der Waals surface area contributed by atoms with Gasteiger partial charge >= 0.3 is 11.1 Å². The number of hydrogen-bond acceptors (Lipinski definition) is 7. The van der Waals surface area contributed by atoms with Gasteiger partial charge in [0, 0.05) is 0 Å². The standard InChI is InChI=1S/C6H13N3O5/c7-4-2-1-3-5(8)6(10)13-14-9(11)12/h5H,1-4,7-8H2. The summed E-state index contributed by atoms with van der Waals surface area (Å²) in [5, 5.41) is 8.40. The van der Waals surface area contributed by atoms with Crippen LogP contribution in [0.2, 0.25) is 0 Å². The Hall–Kier alpha value is -1.41. The fraction of sp³-hybridized carbons (Fsp3) is 0.833. The van der Waals surface area contributed by atoms with E-state index in [0.29, 0.717) is 19.4 Å². The average molecular weight is 207 g/mol. The molecule has 1 atom stereocenters. The van der Waals surface area contributed by atoms with Gasteiger partial charge in [-0.3, -0.25) is 4.89 Å². The van der Waals surface area contributed by atoms with Crippen molar-refractivity contribution in [2.75, 3.05) is 6.54 Å². The molecule has 82 valence electrons. The minimum Gasteiger partial charge on any atom is -0.330 e. The molecule has 0 saturated heterocycles. The molecule has 0 aromatic rings. The van der Waals surface area contributed by atoms with Gasteiger partial charge in [-0.2, -0.15) is 0 Å². The van der Waals surface area contributed by atoms with E-state index < -0.39 is 17.1 Å². The van der Waals surface area contributed by atoms with Crippen molar-refractivity contribution in [2.24, 2.45) is 11.5 Å². The molecular formula is C6H13N3O5. The minimum atomic E-state index is -1.23. The lowest BCUT2D eigenvalue weighted by Gasteiger charge is -2.07. The molecule has 8 nitrogen and oxygen atoms in total. The van der Waals surface area contributed by atoms with E-state index in [1.807, 2.05) is 0 Å². The van der Waals surface area contributed by atoms with Gasteiger partial charge in [-0.25, -0.2) is 4.79 Å². The molecule has 0 aromatic heterocycles. The third-order valence-corrected chi connectivity index (χ3v) is 1.45. The van der Waals surface area contributed by atoms with Crippen molar-refractivity contribution < 1.29 is 19.8 Å². The molecule has 0 rings (SSSR count). The number of carbonyl (C=O) groups is 1.